The molecule has 3 aromatic heterocycles. The summed E-state index contributed by atoms with van der Waals surface area (Å²) in [7, 11) is 5.20. The van der Waals surface area contributed by atoms with Gasteiger partial charge in [-0.25, -0.2) is 9.18 Å². The SMILES string of the molecule is C=CC1OCc2cc(n(C)n2)CCc2cc(c3ccc(F)cc3c2)OCCCn2c(C(=O)OC)c(C)c3c(c(Cl)ccc32)-c2c1nn(C)c2C. The van der Waals surface area contributed by atoms with Crippen molar-refractivity contribution in [2.24, 2.45) is 14.1 Å². The number of rotatable bonds is 2. The smallest absolute Gasteiger partial charge is 0.354 e. The molecule has 3 aromatic carbocycles. The first-order chi connectivity index (χ1) is 24.1. The Bertz CT molecular complexity index is 2300. The van der Waals surface area contributed by atoms with Gasteiger partial charge in [-0.15, -0.1) is 6.58 Å². The molecule has 6 aromatic rings. The number of aryl methyl sites for hydroxylation is 6. The fourth-order valence-corrected chi connectivity index (χ4v) is 7.46. The van der Waals surface area contributed by atoms with Crippen LogP contribution in [0.25, 0.3) is 32.8 Å². The van der Waals surface area contributed by atoms with Gasteiger partial charge in [0.2, 0.25) is 0 Å². The van der Waals surface area contributed by atoms with Crippen molar-refractivity contribution in [2.75, 3.05) is 13.7 Å². The van der Waals surface area contributed by atoms with Crippen LogP contribution in [-0.4, -0.2) is 43.8 Å². The highest BCUT2D eigenvalue weighted by Gasteiger charge is 2.29. The van der Waals surface area contributed by atoms with Gasteiger partial charge in [0.1, 0.15) is 29.1 Å². The van der Waals surface area contributed by atoms with Crippen LogP contribution in [0.15, 0.2) is 61.2 Å². The molecule has 1 unspecified atom stereocenters. The normalized spacial score (nSPS) is 15.5. The monoisotopic (exact) mass is 695 g/mol. The Morgan fingerprint density at radius 1 is 1.06 bits per heavy atom. The van der Waals surface area contributed by atoms with Crippen molar-refractivity contribution in [3.05, 3.63) is 112 Å². The summed E-state index contributed by atoms with van der Waals surface area (Å²) in [6.07, 6.45) is 3.16. The molecular formula is C39H39ClFN5O4. The van der Waals surface area contributed by atoms with Gasteiger partial charge in [0.25, 0.3) is 0 Å². The molecule has 50 heavy (non-hydrogen) atoms. The van der Waals surface area contributed by atoms with Crippen molar-refractivity contribution in [3.63, 3.8) is 0 Å². The Labute approximate surface area is 294 Å². The number of methoxy groups -OCH3 is 1. The van der Waals surface area contributed by atoms with Crippen molar-refractivity contribution < 1.29 is 23.4 Å². The maximum absolute atomic E-state index is 14.4. The lowest BCUT2D eigenvalue weighted by Crippen LogP contribution is -2.13. The molecular weight excluding hydrogens is 657 g/mol. The lowest BCUT2D eigenvalue weighted by atomic mass is 9.95. The fourth-order valence-electron chi connectivity index (χ4n) is 7.21. The van der Waals surface area contributed by atoms with Gasteiger partial charge in [-0.05, 0) is 92.1 Å². The third-order valence-electron chi connectivity index (χ3n) is 9.72. The van der Waals surface area contributed by atoms with Gasteiger partial charge < -0.3 is 18.8 Å². The summed E-state index contributed by atoms with van der Waals surface area (Å²) >= 11 is 7.07. The lowest BCUT2D eigenvalue weighted by Gasteiger charge is -2.16. The summed E-state index contributed by atoms with van der Waals surface area (Å²) in [5, 5.41) is 12.6. The van der Waals surface area contributed by atoms with Gasteiger partial charge in [-0.3, -0.25) is 9.36 Å². The average Bonchev–Trinajstić information content (AvgIpc) is 3.70. The summed E-state index contributed by atoms with van der Waals surface area (Å²) in [4.78, 5) is 13.4. The highest BCUT2D eigenvalue weighted by atomic mass is 35.5. The van der Waals surface area contributed by atoms with Crippen molar-refractivity contribution in [2.45, 2.75) is 52.4 Å². The number of ether oxygens (including phenoxy) is 3. The van der Waals surface area contributed by atoms with Gasteiger partial charge >= 0.3 is 5.97 Å². The minimum Gasteiger partial charge on any atom is -0.493 e. The van der Waals surface area contributed by atoms with Gasteiger partial charge in [-0.2, -0.15) is 10.2 Å². The highest BCUT2D eigenvalue weighted by Crippen LogP contribution is 2.44. The van der Waals surface area contributed by atoms with Crippen molar-refractivity contribution >= 4 is 39.2 Å². The van der Waals surface area contributed by atoms with E-state index in [1.54, 1.807) is 12.1 Å². The molecule has 0 aliphatic carbocycles. The molecule has 8 bridgehead atoms. The van der Waals surface area contributed by atoms with Crippen LogP contribution in [0.5, 0.6) is 5.75 Å². The molecule has 0 radical (unpaired) electrons. The van der Waals surface area contributed by atoms with Crippen molar-refractivity contribution in [1.29, 1.82) is 0 Å². The van der Waals surface area contributed by atoms with Crippen LogP contribution in [0, 0.1) is 19.7 Å². The van der Waals surface area contributed by atoms with Crippen molar-refractivity contribution in [3.8, 4) is 16.9 Å². The topological polar surface area (TPSA) is 85.3 Å². The summed E-state index contributed by atoms with van der Waals surface area (Å²) in [6, 6.07) is 14.6. The zero-order valence-electron chi connectivity index (χ0n) is 28.8. The Morgan fingerprint density at radius 2 is 1.88 bits per heavy atom. The van der Waals surface area contributed by atoms with E-state index in [2.05, 4.69) is 6.58 Å². The molecule has 0 saturated heterocycles. The van der Waals surface area contributed by atoms with Gasteiger partial charge in [0.05, 0.1) is 26.0 Å². The van der Waals surface area contributed by atoms with E-state index in [-0.39, 0.29) is 12.4 Å². The first kappa shape index (κ1) is 33.6. The first-order valence-corrected chi connectivity index (χ1v) is 17.0. The van der Waals surface area contributed by atoms with Crippen LogP contribution in [0.3, 0.4) is 0 Å². The van der Waals surface area contributed by atoms with E-state index >= 15 is 0 Å². The third kappa shape index (κ3) is 5.86. The molecule has 1 atom stereocenters. The van der Waals surface area contributed by atoms with Crippen LogP contribution in [0.4, 0.5) is 4.39 Å². The molecule has 7 rings (SSSR count). The average molecular weight is 696 g/mol. The maximum Gasteiger partial charge on any atom is 0.354 e. The number of benzene rings is 3. The standard InChI is InChI=1S/C39H39ClFN5O4/c1-7-32-37-35(23(3)44(4)43-37)36-30(40)13-14-31-34(36)22(2)38(39(47)48-6)46(31)15-8-16-49-33-18-24(17-25-19-26(41)10-12-29(25)33)9-11-28-20-27(21-50-32)42-45(28)5/h7,10,12-14,17-20,32H,1,8-9,11,15-16,21H2,2-6H3. The van der Waals surface area contributed by atoms with E-state index in [4.69, 9.17) is 36.0 Å². The van der Waals surface area contributed by atoms with E-state index in [9.17, 15) is 9.18 Å². The number of nitrogens with zero attached hydrogens (tertiary/aromatic N) is 5. The Kier molecular flexibility index (Phi) is 9.00. The molecule has 4 heterocycles. The molecule has 258 valence electrons. The number of esters is 1. The predicted molar refractivity (Wildman–Crippen MR) is 192 cm³/mol. The lowest BCUT2D eigenvalue weighted by molar-refractivity contribution is 0.0587. The highest BCUT2D eigenvalue weighted by molar-refractivity contribution is 6.35. The number of hydrogen-bond donors (Lipinski definition) is 0. The largest absolute Gasteiger partial charge is 0.493 e. The Morgan fingerprint density at radius 3 is 2.66 bits per heavy atom. The van der Waals surface area contributed by atoms with Gasteiger partial charge in [0.15, 0.2) is 0 Å². The van der Waals surface area contributed by atoms with E-state index in [1.165, 1.54) is 19.2 Å². The second-order valence-corrected chi connectivity index (χ2v) is 13.2. The number of aromatic nitrogens is 5. The summed E-state index contributed by atoms with van der Waals surface area (Å²) in [5.74, 6) is -0.0557. The molecule has 1 aliphatic rings. The first-order valence-electron chi connectivity index (χ1n) is 16.6. The molecule has 0 spiro atoms. The number of halogens is 2. The maximum atomic E-state index is 14.4. The van der Waals surface area contributed by atoms with Gasteiger partial charge in [0, 0.05) is 64.5 Å². The molecule has 0 N–H and O–H groups in total. The number of hydrogen-bond acceptors (Lipinski definition) is 6. The molecule has 0 saturated carbocycles. The zero-order valence-corrected chi connectivity index (χ0v) is 29.6. The summed E-state index contributed by atoms with van der Waals surface area (Å²) < 4.78 is 38.2. The van der Waals surface area contributed by atoms with Gasteiger partial charge in [-0.1, -0.05) is 23.7 Å². The van der Waals surface area contributed by atoms with E-state index in [1.807, 2.05) is 72.2 Å². The molecule has 0 fully saturated rings. The van der Waals surface area contributed by atoms with E-state index < -0.39 is 12.1 Å². The summed E-state index contributed by atoms with van der Waals surface area (Å²) in [5.41, 5.74) is 8.01. The van der Waals surface area contributed by atoms with Crippen molar-refractivity contribution in [1.82, 2.24) is 24.1 Å². The summed E-state index contributed by atoms with van der Waals surface area (Å²) in [6.45, 7) is 9.08. The fraction of sp³-hybridized carbons (Fsp3) is 0.308. The van der Waals surface area contributed by atoms with Crippen LogP contribution in [0.2, 0.25) is 5.02 Å². The molecule has 1 aliphatic heterocycles. The van der Waals surface area contributed by atoms with E-state index in [0.717, 1.165) is 61.0 Å². The minimum absolute atomic E-state index is 0.229. The van der Waals surface area contributed by atoms with Crippen LogP contribution in [0.1, 0.15) is 56.9 Å². The Hall–Kier alpha value is -4.93. The predicted octanol–water partition coefficient (Wildman–Crippen LogP) is 8.14. The molecule has 0 amide bonds. The number of carbonyl (C=O) groups excluding carboxylic acids is 1. The number of fused-ring (bicyclic) bond motifs is 8. The third-order valence-corrected chi connectivity index (χ3v) is 10.0. The van der Waals surface area contributed by atoms with Crippen LogP contribution in [-0.2, 0) is 49.6 Å². The van der Waals surface area contributed by atoms with E-state index in [0.29, 0.717) is 54.6 Å². The Balaban J connectivity index is 1.40. The van der Waals surface area contributed by atoms with Crippen LogP contribution < -0.4 is 4.74 Å². The number of carbonyl (C=O) groups is 1. The zero-order chi connectivity index (χ0) is 35.3. The molecule has 9 nitrogen and oxygen atoms in total. The van der Waals surface area contributed by atoms with Crippen LogP contribution >= 0.6 is 11.6 Å². The molecule has 11 heteroatoms. The second kappa shape index (κ2) is 13.4. The minimum atomic E-state index is -0.577. The second-order valence-electron chi connectivity index (χ2n) is 12.8. The quantitative estimate of drug-likeness (QED) is 0.134.